The first kappa shape index (κ1) is 16.7. The fourth-order valence-electron chi connectivity index (χ4n) is 3.12. The molecule has 0 amide bonds. The molecule has 0 atom stereocenters. The highest BCUT2D eigenvalue weighted by molar-refractivity contribution is 5.71. The quantitative estimate of drug-likeness (QED) is 0.813. The van der Waals surface area contributed by atoms with Gasteiger partial charge in [-0.2, -0.15) is 0 Å². The Morgan fingerprint density at radius 1 is 1.08 bits per heavy atom. The van der Waals surface area contributed by atoms with Gasteiger partial charge in [0.15, 0.2) is 0 Å². The first-order valence-electron chi connectivity index (χ1n) is 8.27. The van der Waals surface area contributed by atoms with Gasteiger partial charge < -0.3 is 10.1 Å². The van der Waals surface area contributed by atoms with Crippen LogP contribution in [0.5, 0.6) is 0 Å². The molecule has 0 heterocycles. The SMILES string of the molecule is COC(=O)CC1(NCc2ccc(-c3ccc(F)cc3)cc2)CCC1. The lowest BCUT2D eigenvalue weighted by Crippen LogP contribution is -2.52. The van der Waals surface area contributed by atoms with E-state index in [9.17, 15) is 9.18 Å². The van der Waals surface area contributed by atoms with Gasteiger partial charge in [0.05, 0.1) is 13.5 Å². The number of hydrogen-bond donors (Lipinski definition) is 1. The van der Waals surface area contributed by atoms with E-state index in [0.717, 1.165) is 42.5 Å². The molecule has 3 rings (SSSR count). The van der Waals surface area contributed by atoms with E-state index in [-0.39, 0.29) is 17.3 Å². The number of halogens is 1. The summed E-state index contributed by atoms with van der Waals surface area (Å²) in [6.07, 6.45) is 3.59. The molecule has 2 aromatic carbocycles. The third kappa shape index (κ3) is 3.82. The molecule has 126 valence electrons. The summed E-state index contributed by atoms with van der Waals surface area (Å²) >= 11 is 0. The van der Waals surface area contributed by atoms with Crippen LogP contribution >= 0.6 is 0 Å². The van der Waals surface area contributed by atoms with Crippen molar-refractivity contribution < 1.29 is 13.9 Å². The van der Waals surface area contributed by atoms with Crippen molar-refractivity contribution >= 4 is 5.97 Å². The van der Waals surface area contributed by atoms with Crippen molar-refractivity contribution in [1.29, 1.82) is 0 Å². The smallest absolute Gasteiger partial charge is 0.307 e. The first-order chi connectivity index (χ1) is 11.6. The van der Waals surface area contributed by atoms with Crippen LogP contribution in [0.25, 0.3) is 11.1 Å². The van der Waals surface area contributed by atoms with Crippen LogP contribution in [0.4, 0.5) is 4.39 Å². The normalized spacial score (nSPS) is 15.6. The fourth-order valence-corrected chi connectivity index (χ4v) is 3.12. The molecule has 24 heavy (non-hydrogen) atoms. The summed E-state index contributed by atoms with van der Waals surface area (Å²) in [5, 5.41) is 3.53. The minimum atomic E-state index is -0.226. The topological polar surface area (TPSA) is 38.3 Å². The molecular weight excluding hydrogens is 305 g/mol. The monoisotopic (exact) mass is 327 g/mol. The lowest BCUT2D eigenvalue weighted by atomic mass is 9.74. The van der Waals surface area contributed by atoms with Crippen LogP contribution in [0.2, 0.25) is 0 Å². The number of carbonyl (C=O) groups excluding carboxylic acids is 1. The summed E-state index contributed by atoms with van der Waals surface area (Å²) < 4.78 is 17.8. The molecule has 0 unspecified atom stereocenters. The summed E-state index contributed by atoms with van der Waals surface area (Å²) in [6.45, 7) is 0.723. The summed E-state index contributed by atoms with van der Waals surface area (Å²) in [4.78, 5) is 11.6. The Balaban J connectivity index is 1.62. The summed E-state index contributed by atoms with van der Waals surface area (Å²) in [5.41, 5.74) is 3.11. The van der Waals surface area contributed by atoms with Crippen molar-refractivity contribution in [1.82, 2.24) is 5.32 Å². The molecule has 1 aliphatic rings. The second kappa shape index (κ2) is 7.14. The molecule has 0 saturated heterocycles. The molecule has 0 aliphatic heterocycles. The van der Waals surface area contributed by atoms with E-state index in [1.165, 1.54) is 19.2 Å². The van der Waals surface area contributed by atoms with Crippen molar-refractivity contribution in [2.45, 2.75) is 37.8 Å². The fraction of sp³-hybridized carbons (Fsp3) is 0.350. The zero-order valence-electron chi connectivity index (χ0n) is 13.8. The zero-order chi connectivity index (χ0) is 17.0. The minimum absolute atomic E-state index is 0.108. The second-order valence-electron chi connectivity index (χ2n) is 6.44. The van der Waals surface area contributed by atoms with Crippen molar-refractivity contribution in [2.75, 3.05) is 7.11 Å². The Morgan fingerprint density at radius 2 is 1.67 bits per heavy atom. The average molecular weight is 327 g/mol. The Hall–Kier alpha value is -2.20. The van der Waals surface area contributed by atoms with Gasteiger partial charge in [0.1, 0.15) is 5.82 Å². The van der Waals surface area contributed by atoms with E-state index in [1.807, 2.05) is 12.1 Å². The van der Waals surface area contributed by atoms with E-state index in [1.54, 1.807) is 12.1 Å². The van der Waals surface area contributed by atoms with E-state index in [2.05, 4.69) is 17.4 Å². The Kier molecular flexibility index (Phi) is 4.95. The first-order valence-corrected chi connectivity index (χ1v) is 8.27. The largest absolute Gasteiger partial charge is 0.469 e. The van der Waals surface area contributed by atoms with E-state index < -0.39 is 0 Å². The molecule has 0 bridgehead atoms. The summed E-state index contributed by atoms with van der Waals surface area (Å²) in [7, 11) is 1.43. The second-order valence-corrected chi connectivity index (χ2v) is 6.44. The van der Waals surface area contributed by atoms with Gasteiger partial charge in [-0.3, -0.25) is 4.79 Å². The molecule has 4 heteroatoms. The molecular formula is C20H22FNO2. The number of methoxy groups -OCH3 is 1. The molecule has 0 aromatic heterocycles. The van der Waals surface area contributed by atoms with Crippen LogP contribution in [0.1, 0.15) is 31.2 Å². The van der Waals surface area contributed by atoms with Gasteiger partial charge >= 0.3 is 5.97 Å². The molecule has 1 fully saturated rings. The van der Waals surface area contributed by atoms with E-state index in [4.69, 9.17) is 4.74 Å². The van der Waals surface area contributed by atoms with Gasteiger partial charge in [0, 0.05) is 12.1 Å². The molecule has 1 N–H and O–H groups in total. The van der Waals surface area contributed by atoms with E-state index in [0.29, 0.717) is 6.42 Å². The molecule has 3 nitrogen and oxygen atoms in total. The lowest BCUT2D eigenvalue weighted by Gasteiger charge is -2.42. The maximum atomic E-state index is 13.0. The standard InChI is InChI=1S/C20H22FNO2/c1-24-19(23)13-20(11-2-12-20)22-14-15-3-5-16(6-4-15)17-7-9-18(21)10-8-17/h3-10,22H,2,11-14H2,1H3. The number of rotatable bonds is 6. The summed E-state index contributed by atoms with van der Waals surface area (Å²) in [6, 6.07) is 14.7. The van der Waals surface area contributed by atoms with Crippen LogP contribution in [0, 0.1) is 5.82 Å². The number of benzene rings is 2. The molecule has 1 aliphatic carbocycles. The highest BCUT2D eigenvalue weighted by Gasteiger charge is 2.38. The van der Waals surface area contributed by atoms with Gasteiger partial charge in [0.25, 0.3) is 0 Å². The molecule has 1 saturated carbocycles. The van der Waals surface area contributed by atoms with Crippen LogP contribution in [-0.4, -0.2) is 18.6 Å². The number of esters is 1. The number of nitrogens with one attached hydrogen (secondary N) is 1. The van der Waals surface area contributed by atoms with Crippen molar-refractivity contribution in [3.05, 3.63) is 59.9 Å². The number of ether oxygens (including phenoxy) is 1. The van der Waals surface area contributed by atoms with Gasteiger partial charge in [-0.1, -0.05) is 36.4 Å². The van der Waals surface area contributed by atoms with Crippen LogP contribution in [-0.2, 0) is 16.1 Å². The van der Waals surface area contributed by atoms with E-state index >= 15 is 0 Å². The molecule has 2 aromatic rings. The maximum absolute atomic E-state index is 13.0. The maximum Gasteiger partial charge on any atom is 0.307 e. The highest BCUT2D eigenvalue weighted by atomic mass is 19.1. The predicted molar refractivity (Wildman–Crippen MR) is 91.9 cm³/mol. The highest BCUT2D eigenvalue weighted by Crippen LogP contribution is 2.35. The average Bonchev–Trinajstić information content (AvgIpc) is 2.58. The minimum Gasteiger partial charge on any atom is -0.469 e. The van der Waals surface area contributed by atoms with Gasteiger partial charge in [-0.25, -0.2) is 4.39 Å². The molecule has 0 spiro atoms. The number of carbonyl (C=O) groups is 1. The van der Waals surface area contributed by atoms with Crippen LogP contribution in [0.3, 0.4) is 0 Å². The Labute approximate surface area is 141 Å². The van der Waals surface area contributed by atoms with Crippen molar-refractivity contribution in [3.63, 3.8) is 0 Å². The molecule has 0 radical (unpaired) electrons. The van der Waals surface area contributed by atoms with Crippen LogP contribution in [0.15, 0.2) is 48.5 Å². The third-order valence-corrected chi connectivity index (χ3v) is 4.82. The van der Waals surface area contributed by atoms with Crippen molar-refractivity contribution in [3.8, 4) is 11.1 Å². The van der Waals surface area contributed by atoms with Gasteiger partial charge in [0.2, 0.25) is 0 Å². The predicted octanol–water partition coefficient (Wildman–Crippen LogP) is 4.07. The lowest BCUT2D eigenvalue weighted by molar-refractivity contribution is -0.143. The number of hydrogen-bond acceptors (Lipinski definition) is 3. The van der Waals surface area contributed by atoms with Crippen molar-refractivity contribution in [2.24, 2.45) is 0 Å². The third-order valence-electron chi connectivity index (χ3n) is 4.82. The zero-order valence-corrected chi connectivity index (χ0v) is 13.8. The summed E-state index contributed by atoms with van der Waals surface area (Å²) in [5.74, 6) is -0.384. The van der Waals surface area contributed by atoms with Gasteiger partial charge in [-0.15, -0.1) is 0 Å². The Morgan fingerprint density at radius 3 is 2.17 bits per heavy atom. The Bertz CT molecular complexity index is 691. The van der Waals surface area contributed by atoms with Crippen LogP contribution < -0.4 is 5.32 Å². The van der Waals surface area contributed by atoms with Gasteiger partial charge in [-0.05, 0) is 48.1 Å².